The van der Waals surface area contributed by atoms with Crippen molar-refractivity contribution in [3.8, 4) is 17.0 Å². The summed E-state index contributed by atoms with van der Waals surface area (Å²) in [5.74, 6) is 0.282. The van der Waals surface area contributed by atoms with E-state index in [0.29, 0.717) is 51.3 Å². The van der Waals surface area contributed by atoms with E-state index in [0.717, 1.165) is 32.4 Å². The summed E-state index contributed by atoms with van der Waals surface area (Å²) in [7, 11) is 0. The number of piperidine rings is 1. The molecule has 0 atom stereocenters. The second kappa shape index (κ2) is 8.81. The van der Waals surface area contributed by atoms with E-state index >= 15 is 0 Å². The minimum Gasteiger partial charge on any atom is -0.494 e. The molecule has 2 aliphatic rings. The molecule has 1 amide bonds. The SMILES string of the molecule is CCOc1cccc(-c2cc(C(=O)N3CCC4(CC3)OCCO4)c3cc(Br)ccc3n2)c1. The smallest absolute Gasteiger partial charge is 0.254 e. The number of aromatic nitrogens is 1. The number of fused-ring (bicyclic) bond motifs is 1. The van der Waals surface area contributed by atoms with Crippen molar-refractivity contribution in [2.45, 2.75) is 25.6 Å². The summed E-state index contributed by atoms with van der Waals surface area (Å²) in [6.45, 7) is 5.01. The zero-order chi connectivity index (χ0) is 22.1. The van der Waals surface area contributed by atoms with Crippen LogP contribution in [0, 0.1) is 0 Å². The van der Waals surface area contributed by atoms with Gasteiger partial charge in [0, 0.05) is 41.4 Å². The van der Waals surface area contributed by atoms with Crippen LogP contribution in [0.3, 0.4) is 0 Å². The lowest BCUT2D eigenvalue weighted by molar-refractivity contribution is -0.181. The van der Waals surface area contributed by atoms with E-state index in [9.17, 15) is 4.79 Å². The number of halogens is 1. The molecular formula is C25H25BrN2O4. The van der Waals surface area contributed by atoms with Crippen LogP contribution in [0.15, 0.2) is 53.0 Å². The minimum atomic E-state index is -0.509. The van der Waals surface area contributed by atoms with E-state index in [1.807, 2.05) is 60.4 Å². The predicted molar refractivity (Wildman–Crippen MR) is 126 cm³/mol. The fourth-order valence-corrected chi connectivity index (χ4v) is 4.80. The predicted octanol–water partition coefficient (Wildman–Crippen LogP) is 5.04. The molecule has 0 unspecified atom stereocenters. The summed E-state index contributed by atoms with van der Waals surface area (Å²) in [5, 5.41) is 0.836. The number of pyridine rings is 1. The molecule has 2 aromatic carbocycles. The Kier molecular flexibility index (Phi) is 5.88. The molecule has 5 rings (SSSR count). The lowest BCUT2D eigenvalue weighted by Gasteiger charge is -2.37. The van der Waals surface area contributed by atoms with Gasteiger partial charge in [0.1, 0.15) is 5.75 Å². The molecular weight excluding hydrogens is 472 g/mol. The monoisotopic (exact) mass is 496 g/mol. The largest absolute Gasteiger partial charge is 0.494 e. The molecule has 1 spiro atoms. The summed E-state index contributed by atoms with van der Waals surface area (Å²) in [6, 6.07) is 15.6. The van der Waals surface area contributed by atoms with Gasteiger partial charge in [-0.05, 0) is 43.3 Å². The van der Waals surface area contributed by atoms with Crippen LogP contribution in [0.2, 0.25) is 0 Å². The molecule has 1 aromatic heterocycles. The first-order chi connectivity index (χ1) is 15.6. The normalized spacial score (nSPS) is 17.8. The summed E-state index contributed by atoms with van der Waals surface area (Å²) < 4.78 is 18.2. The third kappa shape index (κ3) is 4.12. The minimum absolute atomic E-state index is 0.00515. The number of carbonyl (C=O) groups excluding carboxylic acids is 1. The van der Waals surface area contributed by atoms with Gasteiger partial charge in [0.2, 0.25) is 0 Å². The number of carbonyl (C=O) groups is 1. The number of hydrogen-bond acceptors (Lipinski definition) is 5. The molecule has 0 saturated carbocycles. The van der Waals surface area contributed by atoms with Crippen LogP contribution in [0.25, 0.3) is 22.2 Å². The van der Waals surface area contributed by atoms with Crippen molar-refractivity contribution in [3.05, 3.63) is 58.6 Å². The Hall–Kier alpha value is -2.48. The molecule has 0 aliphatic carbocycles. The van der Waals surface area contributed by atoms with Gasteiger partial charge in [-0.2, -0.15) is 0 Å². The van der Waals surface area contributed by atoms with Gasteiger partial charge in [-0.1, -0.05) is 28.1 Å². The number of benzene rings is 2. The molecule has 3 aromatic rings. The van der Waals surface area contributed by atoms with Gasteiger partial charge in [0.15, 0.2) is 5.79 Å². The van der Waals surface area contributed by atoms with E-state index in [1.165, 1.54) is 0 Å². The number of hydrogen-bond donors (Lipinski definition) is 0. The Balaban J connectivity index is 1.52. The Morgan fingerprint density at radius 3 is 2.66 bits per heavy atom. The highest BCUT2D eigenvalue weighted by Crippen LogP contribution is 2.34. The van der Waals surface area contributed by atoms with E-state index < -0.39 is 5.79 Å². The van der Waals surface area contributed by atoms with Crippen LogP contribution in [-0.2, 0) is 9.47 Å². The highest BCUT2D eigenvalue weighted by atomic mass is 79.9. The second-order valence-corrected chi connectivity index (χ2v) is 8.99. The van der Waals surface area contributed by atoms with Gasteiger partial charge in [-0.3, -0.25) is 4.79 Å². The van der Waals surface area contributed by atoms with E-state index in [2.05, 4.69) is 15.9 Å². The molecule has 0 N–H and O–H groups in total. The average molecular weight is 497 g/mol. The van der Waals surface area contributed by atoms with Crippen LogP contribution in [0.5, 0.6) is 5.75 Å². The lowest BCUT2D eigenvalue weighted by Crippen LogP contribution is -2.47. The fraction of sp³-hybridized carbons (Fsp3) is 0.360. The summed E-state index contributed by atoms with van der Waals surface area (Å²) in [4.78, 5) is 20.4. The first kappa shape index (κ1) is 21.4. The highest BCUT2D eigenvalue weighted by molar-refractivity contribution is 9.10. The summed E-state index contributed by atoms with van der Waals surface area (Å²) >= 11 is 3.54. The van der Waals surface area contributed by atoms with Gasteiger partial charge in [-0.15, -0.1) is 0 Å². The van der Waals surface area contributed by atoms with Crippen LogP contribution < -0.4 is 4.74 Å². The Morgan fingerprint density at radius 2 is 1.91 bits per heavy atom. The van der Waals surface area contributed by atoms with Crippen molar-refractivity contribution in [2.24, 2.45) is 0 Å². The zero-order valence-electron chi connectivity index (χ0n) is 18.0. The number of likely N-dealkylation sites (tertiary alicyclic amines) is 1. The van der Waals surface area contributed by atoms with Crippen LogP contribution in [-0.4, -0.2) is 54.5 Å². The van der Waals surface area contributed by atoms with Crippen molar-refractivity contribution in [1.29, 1.82) is 0 Å². The molecule has 0 radical (unpaired) electrons. The van der Waals surface area contributed by atoms with Gasteiger partial charge in [-0.25, -0.2) is 4.98 Å². The number of nitrogens with zero attached hydrogens (tertiary/aromatic N) is 2. The van der Waals surface area contributed by atoms with Gasteiger partial charge >= 0.3 is 0 Å². The summed E-state index contributed by atoms with van der Waals surface area (Å²) in [6.07, 6.45) is 1.38. The molecule has 166 valence electrons. The lowest BCUT2D eigenvalue weighted by atomic mass is 10.00. The molecule has 2 aliphatic heterocycles. The Morgan fingerprint density at radius 1 is 1.12 bits per heavy atom. The Labute approximate surface area is 195 Å². The molecule has 0 bridgehead atoms. The zero-order valence-corrected chi connectivity index (χ0v) is 19.6. The maximum absolute atomic E-state index is 13.7. The molecule has 6 nitrogen and oxygen atoms in total. The topological polar surface area (TPSA) is 60.9 Å². The Bertz CT molecular complexity index is 1150. The van der Waals surface area contributed by atoms with Gasteiger partial charge < -0.3 is 19.1 Å². The quantitative estimate of drug-likeness (QED) is 0.506. The summed E-state index contributed by atoms with van der Waals surface area (Å²) in [5.41, 5.74) is 3.10. The number of rotatable bonds is 4. The third-order valence-corrected chi connectivity index (χ3v) is 6.56. The van der Waals surface area contributed by atoms with Crippen molar-refractivity contribution in [3.63, 3.8) is 0 Å². The van der Waals surface area contributed by atoms with E-state index in [4.69, 9.17) is 19.2 Å². The molecule has 2 saturated heterocycles. The van der Waals surface area contributed by atoms with Gasteiger partial charge in [0.05, 0.1) is 36.6 Å². The van der Waals surface area contributed by atoms with Gasteiger partial charge in [0.25, 0.3) is 5.91 Å². The molecule has 2 fully saturated rings. The van der Waals surface area contributed by atoms with E-state index in [-0.39, 0.29) is 5.91 Å². The van der Waals surface area contributed by atoms with Crippen molar-refractivity contribution in [1.82, 2.24) is 9.88 Å². The van der Waals surface area contributed by atoms with Crippen LogP contribution >= 0.6 is 15.9 Å². The fourth-order valence-electron chi connectivity index (χ4n) is 4.44. The van der Waals surface area contributed by atoms with Crippen molar-refractivity contribution >= 4 is 32.7 Å². The molecule has 3 heterocycles. The maximum Gasteiger partial charge on any atom is 0.254 e. The second-order valence-electron chi connectivity index (χ2n) is 8.08. The van der Waals surface area contributed by atoms with Crippen LogP contribution in [0.4, 0.5) is 0 Å². The van der Waals surface area contributed by atoms with Crippen molar-refractivity contribution < 1.29 is 19.0 Å². The highest BCUT2D eigenvalue weighted by Gasteiger charge is 2.41. The molecule has 7 heteroatoms. The van der Waals surface area contributed by atoms with Crippen LogP contribution in [0.1, 0.15) is 30.1 Å². The third-order valence-electron chi connectivity index (χ3n) is 6.07. The first-order valence-electron chi connectivity index (χ1n) is 11.0. The standard InChI is InChI=1S/C25H25BrN2O4/c1-2-30-19-5-3-4-17(14-19)23-16-21(20-15-18(26)6-7-22(20)27-23)24(29)28-10-8-25(9-11-28)31-12-13-32-25/h3-7,14-16H,2,8-13H2,1H3. The number of ether oxygens (including phenoxy) is 3. The first-order valence-corrected chi connectivity index (χ1v) is 11.8. The number of amides is 1. The van der Waals surface area contributed by atoms with Crippen molar-refractivity contribution in [2.75, 3.05) is 32.9 Å². The van der Waals surface area contributed by atoms with E-state index in [1.54, 1.807) is 0 Å². The average Bonchev–Trinajstić information content (AvgIpc) is 3.27. The molecule has 32 heavy (non-hydrogen) atoms. The maximum atomic E-state index is 13.7.